The number of aromatic nitrogens is 1. The fourth-order valence-corrected chi connectivity index (χ4v) is 2.07. The van der Waals surface area contributed by atoms with Gasteiger partial charge in [0.15, 0.2) is 0 Å². The Balaban J connectivity index is 2.84. The first kappa shape index (κ1) is 10.1. The molecule has 0 saturated carbocycles. The molecule has 0 saturated heterocycles. The smallest absolute Gasteiger partial charge is 0.349 e. The highest BCUT2D eigenvalue weighted by molar-refractivity contribution is 9.24. The van der Waals surface area contributed by atoms with E-state index in [1.54, 1.807) is 0 Å². The number of carbonyl (C=O) groups is 1. The summed E-state index contributed by atoms with van der Waals surface area (Å²) in [5, 5.41) is 0.801. The molecule has 1 aromatic rings. The number of ether oxygens (including phenoxy) is 1. The van der Waals surface area contributed by atoms with Crippen molar-refractivity contribution in [3.05, 3.63) is 16.1 Å². The predicted molar refractivity (Wildman–Crippen MR) is 54.0 cm³/mol. The lowest BCUT2D eigenvalue weighted by Crippen LogP contribution is -1.96. The number of esters is 1. The van der Waals surface area contributed by atoms with Gasteiger partial charge in [0.25, 0.3) is 0 Å². The van der Waals surface area contributed by atoms with Gasteiger partial charge in [-0.1, -0.05) is 31.9 Å². The fraction of sp³-hybridized carbons (Fsp3) is 0.333. The van der Waals surface area contributed by atoms with Crippen molar-refractivity contribution in [1.29, 1.82) is 0 Å². The summed E-state index contributed by atoms with van der Waals surface area (Å²) in [6.07, 6.45) is 1.50. The van der Waals surface area contributed by atoms with Gasteiger partial charge < -0.3 is 4.74 Å². The number of rotatable bonds is 2. The third-order valence-electron chi connectivity index (χ3n) is 1.10. The molecule has 0 amide bonds. The molecule has 66 valence electrons. The van der Waals surface area contributed by atoms with Crippen LogP contribution in [0.15, 0.2) is 6.20 Å². The van der Waals surface area contributed by atoms with Gasteiger partial charge in [-0.2, -0.15) is 0 Å². The zero-order valence-corrected chi connectivity index (χ0v) is 10.1. The van der Waals surface area contributed by atoms with E-state index < -0.39 is 0 Å². The SMILES string of the molecule is COC(=O)c1cnc(C(Br)Br)s1. The predicted octanol–water partition coefficient (Wildman–Crippen LogP) is 2.72. The molecule has 0 spiro atoms. The molecule has 0 aliphatic rings. The van der Waals surface area contributed by atoms with Crippen LogP contribution in [0.5, 0.6) is 0 Å². The van der Waals surface area contributed by atoms with Crippen LogP contribution >= 0.6 is 43.2 Å². The average Bonchev–Trinajstić information content (AvgIpc) is 2.51. The summed E-state index contributed by atoms with van der Waals surface area (Å²) in [5.74, 6) is -0.348. The van der Waals surface area contributed by atoms with Crippen molar-refractivity contribution in [2.24, 2.45) is 0 Å². The molecule has 1 rings (SSSR count). The van der Waals surface area contributed by atoms with Crippen molar-refractivity contribution in [2.75, 3.05) is 7.11 Å². The normalized spacial score (nSPS) is 10.3. The van der Waals surface area contributed by atoms with Crippen LogP contribution < -0.4 is 0 Å². The zero-order valence-electron chi connectivity index (χ0n) is 6.08. The molecule has 0 unspecified atom stereocenters. The zero-order chi connectivity index (χ0) is 9.14. The van der Waals surface area contributed by atoms with Crippen LogP contribution in [0, 0.1) is 0 Å². The maximum Gasteiger partial charge on any atom is 0.349 e. The van der Waals surface area contributed by atoms with Crippen LogP contribution in [0.3, 0.4) is 0 Å². The van der Waals surface area contributed by atoms with Gasteiger partial charge in [0.05, 0.1) is 13.3 Å². The summed E-state index contributed by atoms with van der Waals surface area (Å²) in [6.45, 7) is 0. The highest BCUT2D eigenvalue weighted by Gasteiger charge is 2.13. The van der Waals surface area contributed by atoms with Crippen LogP contribution in [-0.4, -0.2) is 18.1 Å². The monoisotopic (exact) mass is 313 g/mol. The first-order valence-corrected chi connectivity index (χ1v) is 5.62. The van der Waals surface area contributed by atoms with Crippen molar-refractivity contribution < 1.29 is 9.53 Å². The molecule has 0 atom stereocenters. The number of halogens is 2. The van der Waals surface area contributed by atoms with E-state index in [1.807, 2.05) is 0 Å². The molecular weight excluding hydrogens is 310 g/mol. The van der Waals surface area contributed by atoms with Gasteiger partial charge in [0.2, 0.25) is 0 Å². The van der Waals surface area contributed by atoms with Crippen LogP contribution in [0.1, 0.15) is 18.4 Å². The second-order valence-corrected chi connectivity index (χ2v) is 5.98. The summed E-state index contributed by atoms with van der Waals surface area (Å²) >= 11 is 7.85. The second kappa shape index (κ2) is 4.34. The molecule has 3 nitrogen and oxygen atoms in total. The summed E-state index contributed by atoms with van der Waals surface area (Å²) in [6, 6.07) is 0. The van der Waals surface area contributed by atoms with Crippen LogP contribution in [0.2, 0.25) is 0 Å². The Labute approximate surface area is 90.4 Å². The fourth-order valence-electron chi connectivity index (χ4n) is 0.583. The summed E-state index contributed by atoms with van der Waals surface area (Å²) in [4.78, 5) is 15.5. The summed E-state index contributed by atoms with van der Waals surface area (Å²) in [7, 11) is 1.35. The Morgan fingerprint density at radius 3 is 2.83 bits per heavy atom. The number of thiazole rings is 1. The topological polar surface area (TPSA) is 39.2 Å². The van der Waals surface area contributed by atoms with Crippen LogP contribution in [0.4, 0.5) is 0 Å². The highest BCUT2D eigenvalue weighted by Crippen LogP contribution is 2.32. The minimum Gasteiger partial charge on any atom is -0.465 e. The standard InChI is InChI=1S/C6H5Br2NO2S/c1-11-6(10)3-2-9-5(12-3)4(7)8/h2,4H,1H3. The van der Waals surface area contributed by atoms with E-state index in [0.29, 0.717) is 4.88 Å². The number of carbonyl (C=O) groups excluding carboxylic acids is 1. The molecule has 1 aromatic heterocycles. The third kappa shape index (κ3) is 2.27. The molecule has 0 radical (unpaired) electrons. The molecule has 1 heterocycles. The van der Waals surface area contributed by atoms with E-state index in [9.17, 15) is 4.79 Å². The van der Waals surface area contributed by atoms with E-state index in [0.717, 1.165) is 5.01 Å². The number of nitrogens with zero attached hydrogens (tertiary/aromatic N) is 1. The van der Waals surface area contributed by atoms with Gasteiger partial charge in [0, 0.05) is 0 Å². The van der Waals surface area contributed by atoms with Crippen molar-refractivity contribution in [1.82, 2.24) is 4.98 Å². The minimum atomic E-state index is -0.348. The van der Waals surface area contributed by atoms with Crippen LogP contribution in [0.25, 0.3) is 0 Å². The average molecular weight is 315 g/mol. The van der Waals surface area contributed by atoms with Crippen molar-refractivity contribution in [2.45, 2.75) is 3.74 Å². The number of alkyl halides is 2. The molecule has 0 aliphatic carbocycles. The van der Waals surface area contributed by atoms with E-state index >= 15 is 0 Å². The number of hydrogen-bond acceptors (Lipinski definition) is 4. The van der Waals surface area contributed by atoms with Gasteiger partial charge in [-0.25, -0.2) is 9.78 Å². The highest BCUT2D eigenvalue weighted by atomic mass is 79.9. The summed E-state index contributed by atoms with van der Waals surface area (Å²) < 4.78 is 4.52. The van der Waals surface area contributed by atoms with Crippen molar-refractivity contribution in [3.63, 3.8) is 0 Å². The van der Waals surface area contributed by atoms with Gasteiger partial charge in [-0.15, -0.1) is 11.3 Å². The largest absolute Gasteiger partial charge is 0.465 e. The Morgan fingerprint density at radius 2 is 2.42 bits per heavy atom. The number of methoxy groups -OCH3 is 1. The lowest BCUT2D eigenvalue weighted by molar-refractivity contribution is 0.0606. The van der Waals surface area contributed by atoms with E-state index in [-0.39, 0.29) is 9.71 Å². The Kier molecular flexibility index (Phi) is 3.67. The molecule has 0 aromatic carbocycles. The lowest BCUT2D eigenvalue weighted by Gasteiger charge is -1.92. The maximum atomic E-state index is 11.0. The molecule has 6 heteroatoms. The van der Waals surface area contributed by atoms with Gasteiger partial charge in [-0.3, -0.25) is 0 Å². The first-order valence-electron chi connectivity index (χ1n) is 2.97. The molecular formula is C6H5Br2NO2S. The van der Waals surface area contributed by atoms with E-state index in [4.69, 9.17) is 0 Å². The van der Waals surface area contributed by atoms with Gasteiger partial charge in [0.1, 0.15) is 13.6 Å². The molecule has 0 aliphatic heterocycles. The van der Waals surface area contributed by atoms with Gasteiger partial charge >= 0.3 is 5.97 Å². The van der Waals surface area contributed by atoms with Crippen molar-refractivity contribution in [3.8, 4) is 0 Å². The quantitative estimate of drug-likeness (QED) is 0.622. The second-order valence-electron chi connectivity index (χ2n) is 1.86. The Morgan fingerprint density at radius 1 is 1.75 bits per heavy atom. The third-order valence-corrected chi connectivity index (χ3v) is 3.61. The molecule has 12 heavy (non-hydrogen) atoms. The Hall–Kier alpha value is 0.0600. The molecule has 0 fully saturated rings. The van der Waals surface area contributed by atoms with E-state index in [1.165, 1.54) is 24.6 Å². The Bertz CT molecular complexity index is 287. The molecule has 0 bridgehead atoms. The van der Waals surface area contributed by atoms with E-state index in [2.05, 4.69) is 41.6 Å². The first-order chi connectivity index (χ1) is 5.65. The van der Waals surface area contributed by atoms with Crippen molar-refractivity contribution >= 4 is 49.2 Å². The lowest BCUT2D eigenvalue weighted by atomic mass is 10.6. The van der Waals surface area contributed by atoms with Crippen LogP contribution in [-0.2, 0) is 4.74 Å². The number of hydrogen-bond donors (Lipinski definition) is 0. The summed E-state index contributed by atoms with van der Waals surface area (Å²) in [5.41, 5.74) is 0. The molecule has 0 N–H and O–H groups in total. The maximum absolute atomic E-state index is 11.0. The van der Waals surface area contributed by atoms with Gasteiger partial charge in [-0.05, 0) is 0 Å². The minimum absolute atomic E-state index is 0.00611.